The average Bonchev–Trinajstić information content (AvgIpc) is 3.01. The third-order valence-electron chi connectivity index (χ3n) is 4.86. The lowest BCUT2D eigenvalue weighted by Crippen LogP contribution is -2.44. The fourth-order valence-electron chi connectivity index (χ4n) is 2.90. The molecule has 1 saturated heterocycles. The minimum Gasteiger partial charge on any atom is -0.479 e. The van der Waals surface area contributed by atoms with Gasteiger partial charge in [0.05, 0.1) is 4.91 Å². The van der Waals surface area contributed by atoms with Crippen LogP contribution in [0.4, 0.5) is 0 Å². The quantitative estimate of drug-likeness (QED) is 0.464. The molecule has 7 nitrogen and oxygen atoms in total. The van der Waals surface area contributed by atoms with Crippen molar-refractivity contribution in [2.75, 3.05) is 0 Å². The van der Waals surface area contributed by atoms with Gasteiger partial charge in [-0.15, -0.1) is 0 Å². The fraction of sp³-hybridized carbons (Fsp3) is 0.250. The van der Waals surface area contributed by atoms with E-state index in [2.05, 4.69) is 26.2 Å². The lowest BCUT2D eigenvalue weighted by Gasteiger charge is -2.19. The van der Waals surface area contributed by atoms with E-state index in [-0.39, 0.29) is 9.74 Å². The number of ether oxygens (including phenoxy) is 1. The lowest BCUT2D eigenvalue weighted by molar-refractivity contribution is -0.144. The molecule has 172 valence electrons. The highest BCUT2D eigenvalue weighted by atomic mass is 32.2. The Balaban J connectivity index is 1.68. The molecule has 0 saturated carbocycles. The molecule has 9 heteroatoms. The summed E-state index contributed by atoms with van der Waals surface area (Å²) in [6, 6.07) is 13.9. The van der Waals surface area contributed by atoms with Crippen LogP contribution in [0.5, 0.6) is 5.75 Å². The number of thiocarbonyl (C=S) groups is 1. The van der Waals surface area contributed by atoms with Crippen molar-refractivity contribution in [3.05, 3.63) is 70.1 Å². The molecule has 0 aromatic heterocycles. The van der Waals surface area contributed by atoms with Gasteiger partial charge in [-0.1, -0.05) is 56.8 Å². The first-order valence-electron chi connectivity index (χ1n) is 10.1. The number of hydrogen-bond donors (Lipinski definition) is 2. The summed E-state index contributed by atoms with van der Waals surface area (Å²) in [5.41, 5.74) is 4.77. The molecule has 33 heavy (non-hydrogen) atoms. The zero-order valence-electron chi connectivity index (χ0n) is 18.6. The lowest BCUT2D eigenvalue weighted by atomic mass is 9.87. The zero-order chi connectivity index (χ0) is 24.3. The topological polar surface area (TPSA) is 95.9 Å². The highest BCUT2D eigenvalue weighted by Crippen LogP contribution is 2.32. The normalized spacial score (nSPS) is 16.1. The maximum atomic E-state index is 12.8. The number of hydrazine groups is 1. The number of carbonyl (C=O) groups excluding carboxylic acids is 2. The SMILES string of the molecule is CC(Oc1ccc(/C=C2/SC(=S)N(NC(=O)c3ccc(C(C)(C)C)cc3)C2=O)cc1)C(=O)O. The molecular formula is C24H24N2O5S2. The van der Waals surface area contributed by atoms with E-state index >= 15 is 0 Å². The van der Waals surface area contributed by atoms with Crippen molar-refractivity contribution in [1.82, 2.24) is 10.4 Å². The second-order valence-electron chi connectivity index (χ2n) is 8.45. The number of carboxylic acid groups (broad SMARTS) is 1. The van der Waals surface area contributed by atoms with Crippen LogP contribution < -0.4 is 10.2 Å². The predicted molar refractivity (Wildman–Crippen MR) is 132 cm³/mol. The van der Waals surface area contributed by atoms with Crippen molar-refractivity contribution in [3.63, 3.8) is 0 Å². The first-order chi connectivity index (χ1) is 15.5. The highest BCUT2D eigenvalue weighted by Gasteiger charge is 2.33. The molecule has 1 fully saturated rings. The van der Waals surface area contributed by atoms with Crippen LogP contribution in [-0.4, -0.2) is 38.3 Å². The number of carbonyl (C=O) groups is 3. The number of hydrogen-bond acceptors (Lipinski definition) is 6. The van der Waals surface area contributed by atoms with Gasteiger partial charge in [0.15, 0.2) is 10.4 Å². The largest absolute Gasteiger partial charge is 0.479 e. The molecule has 0 radical (unpaired) electrons. The summed E-state index contributed by atoms with van der Waals surface area (Å²) < 4.78 is 5.52. The van der Waals surface area contributed by atoms with Crippen LogP contribution in [0.25, 0.3) is 6.08 Å². The van der Waals surface area contributed by atoms with Gasteiger partial charge in [0.2, 0.25) is 0 Å². The molecular weight excluding hydrogens is 460 g/mol. The van der Waals surface area contributed by atoms with E-state index in [1.165, 1.54) is 6.92 Å². The van der Waals surface area contributed by atoms with Crippen LogP contribution in [0.15, 0.2) is 53.4 Å². The Labute approximate surface area is 201 Å². The molecule has 2 aromatic carbocycles. The predicted octanol–water partition coefficient (Wildman–Crippen LogP) is 4.38. The standard InChI is InChI=1S/C24H24N2O5S2/c1-14(22(29)30)31-18-11-5-15(6-12-18)13-19-21(28)26(23(32)33-19)25-20(27)16-7-9-17(10-8-16)24(2,3)4/h5-14H,1-4H3,(H,25,27)(H,29,30)/b19-13+. The Morgan fingerprint density at radius 3 is 2.27 bits per heavy atom. The van der Waals surface area contributed by atoms with Gasteiger partial charge in [-0.2, -0.15) is 5.01 Å². The van der Waals surface area contributed by atoms with E-state index in [1.54, 1.807) is 42.5 Å². The molecule has 0 bridgehead atoms. The summed E-state index contributed by atoms with van der Waals surface area (Å²) >= 11 is 6.36. The van der Waals surface area contributed by atoms with Crippen molar-refractivity contribution in [3.8, 4) is 5.75 Å². The van der Waals surface area contributed by atoms with Crippen molar-refractivity contribution in [1.29, 1.82) is 0 Å². The van der Waals surface area contributed by atoms with Gasteiger partial charge in [-0.05, 0) is 66.0 Å². The second kappa shape index (κ2) is 9.76. The van der Waals surface area contributed by atoms with Crippen molar-refractivity contribution < 1.29 is 24.2 Å². The summed E-state index contributed by atoms with van der Waals surface area (Å²) in [6.45, 7) is 7.71. The summed E-state index contributed by atoms with van der Waals surface area (Å²) in [6.07, 6.45) is 0.675. The maximum Gasteiger partial charge on any atom is 0.344 e. The number of benzene rings is 2. The number of aliphatic carboxylic acids is 1. The van der Waals surface area contributed by atoms with Crippen molar-refractivity contribution >= 4 is 52.2 Å². The third-order valence-corrected chi connectivity index (χ3v) is 6.16. The number of amides is 2. The van der Waals surface area contributed by atoms with Gasteiger partial charge in [0, 0.05) is 5.56 Å². The zero-order valence-corrected chi connectivity index (χ0v) is 20.3. The molecule has 2 amide bonds. The number of carboxylic acids is 1. The van der Waals surface area contributed by atoms with Crippen LogP contribution in [0.2, 0.25) is 0 Å². The van der Waals surface area contributed by atoms with Crippen LogP contribution >= 0.6 is 24.0 Å². The van der Waals surface area contributed by atoms with E-state index in [0.717, 1.165) is 22.3 Å². The number of thioether (sulfide) groups is 1. The van der Waals surface area contributed by atoms with Crippen molar-refractivity contribution in [2.24, 2.45) is 0 Å². The second-order valence-corrected chi connectivity index (χ2v) is 10.1. The van der Waals surface area contributed by atoms with E-state index in [1.807, 2.05) is 12.1 Å². The Bertz CT molecular complexity index is 1120. The summed E-state index contributed by atoms with van der Waals surface area (Å²) in [7, 11) is 0. The molecule has 1 heterocycles. The van der Waals surface area contributed by atoms with Gasteiger partial charge in [-0.3, -0.25) is 15.0 Å². The smallest absolute Gasteiger partial charge is 0.344 e. The van der Waals surface area contributed by atoms with Gasteiger partial charge in [0.1, 0.15) is 5.75 Å². The summed E-state index contributed by atoms with van der Waals surface area (Å²) in [5, 5.41) is 9.99. The molecule has 0 aliphatic carbocycles. The van der Waals surface area contributed by atoms with E-state index in [0.29, 0.717) is 21.8 Å². The number of rotatable bonds is 6. The first-order valence-corrected chi connectivity index (χ1v) is 11.4. The van der Waals surface area contributed by atoms with Crippen LogP contribution in [0.1, 0.15) is 49.2 Å². The molecule has 2 aromatic rings. The van der Waals surface area contributed by atoms with E-state index < -0.39 is 23.9 Å². The molecule has 2 N–H and O–H groups in total. The van der Waals surface area contributed by atoms with E-state index in [4.69, 9.17) is 22.1 Å². The molecule has 1 atom stereocenters. The van der Waals surface area contributed by atoms with Crippen LogP contribution in [-0.2, 0) is 15.0 Å². The fourth-order valence-corrected chi connectivity index (χ4v) is 4.08. The third kappa shape index (κ3) is 6.00. The maximum absolute atomic E-state index is 12.8. The van der Waals surface area contributed by atoms with Gasteiger partial charge >= 0.3 is 5.97 Å². The van der Waals surface area contributed by atoms with Gasteiger partial charge in [-0.25, -0.2) is 4.79 Å². The number of nitrogens with one attached hydrogen (secondary N) is 1. The average molecular weight is 485 g/mol. The molecule has 1 aliphatic heterocycles. The summed E-state index contributed by atoms with van der Waals surface area (Å²) in [4.78, 5) is 36.7. The Kier molecular flexibility index (Phi) is 7.24. The Morgan fingerprint density at radius 1 is 1.12 bits per heavy atom. The minimum atomic E-state index is -1.06. The monoisotopic (exact) mass is 484 g/mol. The van der Waals surface area contributed by atoms with Crippen molar-refractivity contribution in [2.45, 2.75) is 39.2 Å². The van der Waals surface area contributed by atoms with E-state index in [9.17, 15) is 14.4 Å². The highest BCUT2D eigenvalue weighted by molar-refractivity contribution is 8.26. The molecule has 1 unspecified atom stereocenters. The number of nitrogens with zero attached hydrogens (tertiary/aromatic N) is 1. The van der Waals surface area contributed by atoms with Crippen LogP contribution in [0.3, 0.4) is 0 Å². The van der Waals surface area contributed by atoms with Crippen LogP contribution in [0, 0.1) is 0 Å². The molecule has 1 aliphatic rings. The first kappa shape index (κ1) is 24.5. The summed E-state index contributed by atoms with van der Waals surface area (Å²) in [5.74, 6) is -1.51. The van der Waals surface area contributed by atoms with Gasteiger partial charge in [0.25, 0.3) is 11.8 Å². The Hall–Kier alpha value is -3.17. The molecule has 0 spiro atoms. The Morgan fingerprint density at radius 2 is 1.73 bits per heavy atom. The minimum absolute atomic E-state index is 0.0311. The van der Waals surface area contributed by atoms with Gasteiger partial charge < -0.3 is 9.84 Å². The molecule has 3 rings (SSSR count).